The number of ether oxygens (including phenoxy) is 1. The molecule has 0 saturated heterocycles. The number of carbonyl (C=O) groups excluding carboxylic acids is 2. The Hall–Kier alpha value is -2.86. The molecule has 7 heteroatoms. The molecule has 0 aliphatic rings. The fraction of sp³-hybridized carbons (Fsp3) is 0.118. The molecule has 122 valence electrons. The van der Waals surface area contributed by atoms with Crippen LogP contribution in [0.2, 0.25) is 5.02 Å². The van der Waals surface area contributed by atoms with Gasteiger partial charge in [0.1, 0.15) is 11.5 Å². The summed E-state index contributed by atoms with van der Waals surface area (Å²) in [6.07, 6.45) is 0. The number of aromatic nitrogens is 2. The number of ketones is 1. The highest BCUT2D eigenvalue weighted by Gasteiger charge is 2.17. The van der Waals surface area contributed by atoms with Crippen LogP contribution in [0.3, 0.4) is 0 Å². The third-order valence-corrected chi connectivity index (χ3v) is 3.63. The van der Waals surface area contributed by atoms with E-state index in [0.717, 1.165) is 0 Å². The average molecular weight is 345 g/mol. The van der Waals surface area contributed by atoms with Gasteiger partial charge in [-0.3, -0.25) is 9.89 Å². The van der Waals surface area contributed by atoms with E-state index in [1.165, 1.54) is 12.1 Å². The standard InChI is InChI=1S/C17H13ClN2O4/c1-10-6-7-16(24-10)15(21)9-23-17(22)14-8-13(19-20-14)11-4-2-3-5-12(11)18/h2-8H,9H2,1H3,(H,19,20). The number of halogens is 1. The van der Waals surface area contributed by atoms with E-state index in [2.05, 4.69) is 10.2 Å². The zero-order valence-electron chi connectivity index (χ0n) is 12.7. The van der Waals surface area contributed by atoms with Crippen LogP contribution in [0.15, 0.2) is 46.9 Å². The average Bonchev–Trinajstić information content (AvgIpc) is 3.22. The quantitative estimate of drug-likeness (QED) is 0.563. The predicted octanol–water partition coefficient (Wildman–Crippen LogP) is 3.67. The van der Waals surface area contributed by atoms with Crippen LogP contribution in [-0.4, -0.2) is 28.6 Å². The number of furan rings is 1. The fourth-order valence-corrected chi connectivity index (χ4v) is 2.33. The number of hydrogen-bond donors (Lipinski definition) is 1. The molecule has 0 aliphatic carbocycles. The van der Waals surface area contributed by atoms with Gasteiger partial charge in [0.05, 0.1) is 10.7 Å². The van der Waals surface area contributed by atoms with Crippen LogP contribution < -0.4 is 0 Å². The van der Waals surface area contributed by atoms with Crippen molar-refractivity contribution in [3.63, 3.8) is 0 Å². The first-order valence-electron chi connectivity index (χ1n) is 7.11. The number of aryl methyl sites for hydroxylation is 1. The molecule has 0 bridgehead atoms. The zero-order valence-corrected chi connectivity index (χ0v) is 13.5. The predicted molar refractivity (Wildman–Crippen MR) is 87.1 cm³/mol. The minimum Gasteiger partial charge on any atom is -0.458 e. The highest BCUT2D eigenvalue weighted by Crippen LogP contribution is 2.26. The number of nitrogens with one attached hydrogen (secondary N) is 1. The number of nitrogens with zero attached hydrogens (tertiary/aromatic N) is 1. The molecule has 2 heterocycles. The topological polar surface area (TPSA) is 85.2 Å². The summed E-state index contributed by atoms with van der Waals surface area (Å²) < 4.78 is 10.2. The zero-order chi connectivity index (χ0) is 17.1. The second-order valence-corrected chi connectivity index (χ2v) is 5.46. The Morgan fingerprint density at radius 1 is 1.25 bits per heavy atom. The van der Waals surface area contributed by atoms with E-state index >= 15 is 0 Å². The van der Waals surface area contributed by atoms with E-state index in [1.54, 1.807) is 31.2 Å². The molecule has 2 aromatic heterocycles. The number of rotatable bonds is 5. The summed E-state index contributed by atoms with van der Waals surface area (Å²) in [5.41, 5.74) is 1.34. The van der Waals surface area contributed by atoms with Crippen LogP contribution in [0.1, 0.15) is 26.8 Å². The van der Waals surface area contributed by atoms with Crippen molar-refractivity contribution in [3.05, 3.63) is 64.7 Å². The molecule has 3 aromatic rings. The van der Waals surface area contributed by atoms with Crippen molar-refractivity contribution in [1.82, 2.24) is 10.2 Å². The minimum atomic E-state index is -0.683. The van der Waals surface area contributed by atoms with E-state index in [-0.39, 0.29) is 11.5 Å². The maximum Gasteiger partial charge on any atom is 0.356 e. The van der Waals surface area contributed by atoms with Crippen molar-refractivity contribution in [2.75, 3.05) is 6.61 Å². The van der Waals surface area contributed by atoms with Crippen LogP contribution in [0.4, 0.5) is 0 Å². The van der Waals surface area contributed by atoms with Crippen LogP contribution in [0.5, 0.6) is 0 Å². The van der Waals surface area contributed by atoms with Crippen molar-refractivity contribution in [3.8, 4) is 11.3 Å². The van der Waals surface area contributed by atoms with Gasteiger partial charge < -0.3 is 9.15 Å². The van der Waals surface area contributed by atoms with Crippen LogP contribution >= 0.6 is 11.6 Å². The monoisotopic (exact) mass is 344 g/mol. The van der Waals surface area contributed by atoms with Gasteiger partial charge >= 0.3 is 5.97 Å². The van der Waals surface area contributed by atoms with Crippen LogP contribution in [0.25, 0.3) is 11.3 Å². The molecular formula is C17H13ClN2O4. The van der Waals surface area contributed by atoms with E-state index in [1.807, 2.05) is 6.07 Å². The van der Waals surface area contributed by atoms with Crippen LogP contribution in [0, 0.1) is 6.92 Å². The van der Waals surface area contributed by atoms with Gasteiger partial charge in [0.2, 0.25) is 5.78 Å². The maximum absolute atomic E-state index is 12.0. The van der Waals surface area contributed by atoms with E-state index in [9.17, 15) is 9.59 Å². The third-order valence-electron chi connectivity index (χ3n) is 3.30. The molecule has 1 N–H and O–H groups in total. The molecular weight excluding hydrogens is 332 g/mol. The van der Waals surface area contributed by atoms with E-state index in [0.29, 0.717) is 22.0 Å². The molecule has 0 fully saturated rings. The molecule has 0 spiro atoms. The van der Waals surface area contributed by atoms with Crippen molar-refractivity contribution in [2.45, 2.75) is 6.92 Å². The number of benzene rings is 1. The normalized spacial score (nSPS) is 10.6. The van der Waals surface area contributed by atoms with Crippen molar-refractivity contribution in [2.24, 2.45) is 0 Å². The SMILES string of the molecule is Cc1ccc(C(=O)COC(=O)c2cc(-c3ccccc3Cl)n[nH]2)o1. The molecule has 0 aliphatic heterocycles. The number of esters is 1. The van der Waals surface area contributed by atoms with Gasteiger partial charge in [0, 0.05) is 5.56 Å². The van der Waals surface area contributed by atoms with E-state index < -0.39 is 18.4 Å². The van der Waals surface area contributed by atoms with Gasteiger partial charge in [-0.2, -0.15) is 5.10 Å². The minimum absolute atomic E-state index is 0.133. The summed E-state index contributed by atoms with van der Waals surface area (Å²) in [7, 11) is 0. The summed E-state index contributed by atoms with van der Waals surface area (Å²) >= 11 is 6.09. The second-order valence-electron chi connectivity index (χ2n) is 5.06. The lowest BCUT2D eigenvalue weighted by molar-refractivity contribution is 0.0462. The van der Waals surface area contributed by atoms with E-state index in [4.69, 9.17) is 20.8 Å². The lowest BCUT2D eigenvalue weighted by Gasteiger charge is -2.00. The Balaban J connectivity index is 1.66. The number of H-pyrrole nitrogens is 1. The largest absolute Gasteiger partial charge is 0.458 e. The molecule has 1 aromatic carbocycles. The highest BCUT2D eigenvalue weighted by atomic mass is 35.5. The summed E-state index contributed by atoms with van der Waals surface area (Å²) in [4.78, 5) is 23.9. The second kappa shape index (κ2) is 6.72. The summed E-state index contributed by atoms with van der Waals surface area (Å²) in [6.45, 7) is 1.32. The van der Waals surface area contributed by atoms with Gasteiger partial charge in [0.25, 0.3) is 0 Å². The number of carbonyl (C=O) groups is 2. The Labute approximate surface area is 142 Å². The summed E-state index contributed by atoms with van der Waals surface area (Å²) in [5, 5.41) is 7.14. The summed E-state index contributed by atoms with van der Waals surface area (Å²) in [6, 6.07) is 11.9. The molecule has 0 unspecified atom stereocenters. The Bertz CT molecular complexity index is 897. The maximum atomic E-state index is 12.0. The molecule has 3 rings (SSSR count). The van der Waals surface area contributed by atoms with Crippen LogP contribution in [-0.2, 0) is 4.74 Å². The molecule has 0 saturated carbocycles. The third kappa shape index (κ3) is 3.38. The van der Waals surface area contributed by atoms with Gasteiger partial charge in [-0.25, -0.2) is 4.79 Å². The smallest absolute Gasteiger partial charge is 0.356 e. The van der Waals surface area contributed by atoms with Crippen molar-refractivity contribution in [1.29, 1.82) is 0 Å². The van der Waals surface area contributed by atoms with Crippen molar-refractivity contribution >= 4 is 23.4 Å². The molecule has 0 atom stereocenters. The number of aromatic amines is 1. The number of Topliss-reactive ketones (excluding diaryl/α,β-unsaturated/α-hetero) is 1. The summed E-state index contributed by atoms with van der Waals surface area (Å²) in [5.74, 6) is -0.330. The lowest BCUT2D eigenvalue weighted by atomic mass is 10.1. The lowest BCUT2D eigenvalue weighted by Crippen LogP contribution is -2.14. The molecule has 0 amide bonds. The molecule has 24 heavy (non-hydrogen) atoms. The van der Waals surface area contributed by atoms with Gasteiger partial charge in [-0.1, -0.05) is 29.8 Å². The molecule has 0 radical (unpaired) electrons. The van der Waals surface area contributed by atoms with Gasteiger partial charge in [0.15, 0.2) is 12.4 Å². The Kier molecular flexibility index (Phi) is 4.48. The first-order chi connectivity index (χ1) is 11.5. The highest BCUT2D eigenvalue weighted by molar-refractivity contribution is 6.33. The van der Waals surface area contributed by atoms with Crippen molar-refractivity contribution < 1.29 is 18.7 Å². The Morgan fingerprint density at radius 2 is 2.04 bits per heavy atom. The first kappa shape index (κ1) is 16.0. The molecule has 6 nitrogen and oxygen atoms in total. The fourth-order valence-electron chi connectivity index (χ4n) is 2.10. The Morgan fingerprint density at radius 3 is 2.75 bits per heavy atom. The number of hydrogen-bond acceptors (Lipinski definition) is 5. The van der Waals surface area contributed by atoms with Gasteiger partial charge in [-0.15, -0.1) is 0 Å². The first-order valence-corrected chi connectivity index (χ1v) is 7.49. The van der Waals surface area contributed by atoms with Gasteiger partial charge in [-0.05, 0) is 31.2 Å².